The average molecular weight is 268 g/mol. The van der Waals surface area contributed by atoms with E-state index in [1.165, 1.54) is 32.1 Å². The number of hydrogen-bond acceptors (Lipinski definition) is 3. The summed E-state index contributed by atoms with van der Waals surface area (Å²) in [5.41, 5.74) is 0.674. The van der Waals surface area contributed by atoms with Gasteiger partial charge in [-0.2, -0.15) is 0 Å². The predicted octanol–water partition coefficient (Wildman–Crippen LogP) is 2.59. The maximum atomic E-state index is 12.1. The molecule has 4 nitrogen and oxygen atoms in total. The highest BCUT2D eigenvalue weighted by molar-refractivity contribution is 7.11. The van der Waals surface area contributed by atoms with Crippen LogP contribution in [0.4, 0.5) is 0 Å². The first-order valence-electron chi connectivity index (χ1n) is 6.67. The largest absolute Gasteiger partial charge is 0.349 e. The first-order chi connectivity index (χ1) is 8.66. The van der Waals surface area contributed by atoms with Crippen molar-refractivity contribution in [3.63, 3.8) is 0 Å². The summed E-state index contributed by atoms with van der Waals surface area (Å²) < 4.78 is 0. The van der Waals surface area contributed by atoms with Crippen LogP contribution in [0.5, 0.6) is 0 Å². The fourth-order valence-corrected chi connectivity index (χ4v) is 3.22. The molecule has 1 aromatic heterocycles. The SMILES string of the molecule is Cc1[nH]c(=O)sc1C(=O)NC1CCCCCCC1. The topological polar surface area (TPSA) is 62.0 Å². The van der Waals surface area contributed by atoms with E-state index < -0.39 is 0 Å². The van der Waals surface area contributed by atoms with E-state index in [2.05, 4.69) is 10.3 Å². The summed E-state index contributed by atoms with van der Waals surface area (Å²) in [5.74, 6) is -0.0959. The monoisotopic (exact) mass is 268 g/mol. The van der Waals surface area contributed by atoms with Crippen molar-refractivity contribution in [1.82, 2.24) is 10.3 Å². The Balaban J connectivity index is 1.97. The van der Waals surface area contributed by atoms with Gasteiger partial charge in [-0.15, -0.1) is 0 Å². The number of aromatic amines is 1. The summed E-state index contributed by atoms with van der Waals surface area (Å²) in [5, 5.41) is 3.07. The van der Waals surface area contributed by atoms with Crippen LogP contribution in [0.1, 0.15) is 60.3 Å². The number of nitrogens with one attached hydrogen (secondary N) is 2. The zero-order chi connectivity index (χ0) is 13.0. The minimum atomic E-state index is -0.157. The van der Waals surface area contributed by atoms with E-state index in [9.17, 15) is 9.59 Å². The predicted molar refractivity (Wildman–Crippen MR) is 73.2 cm³/mol. The van der Waals surface area contributed by atoms with Crippen LogP contribution in [-0.2, 0) is 0 Å². The molecule has 2 N–H and O–H groups in total. The molecule has 1 aliphatic rings. The summed E-state index contributed by atoms with van der Waals surface area (Å²) >= 11 is 0.997. The molecule has 1 saturated carbocycles. The lowest BCUT2D eigenvalue weighted by molar-refractivity contribution is 0.0934. The molecule has 0 bridgehead atoms. The van der Waals surface area contributed by atoms with Gasteiger partial charge in [0.05, 0.1) is 0 Å². The van der Waals surface area contributed by atoms with Crippen LogP contribution in [0.15, 0.2) is 4.79 Å². The van der Waals surface area contributed by atoms with Gasteiger partial charge < -0.3 is 10.3 Å². The van der Waals surface area contributed by atoms with Crippen molar-refractivity contribution in [2.24, 2.45) is 0 Å². The molecule has 5 heteroatoms. The fraction of sp³-hybridized carbons (Fsp3) is 0.692. The number of aromatic nitrogens is 1. The molecule has 1 aromatic rings. The quantitative estimate of drug-likeness (QED) is 0.866. The first kappa shape index (κ1) is 13.3. The molecule has 0 aromatic carbocycles. The molecule has 1 amide bonds. The summed E-state index contributed by atoms with van der Waals surface area (Å²) in [6.07, 6.45) is 8.35. The molecule has 2 rings (SSSR count). The molecule has 18 heavy (non-hydrogen) atoms. The summed E-state index contributed by atoms with van der Waals surface area (Å²) in [7, 11) is 0. The minimum Gasteiger partial charge on any atom is -0.349 e. The van der Waals surface area contributed by atoms with E-state index in [1.807, 2.05) is 0 Å². The van der Waals surface area contributed by atoms with Crippen LogP contribution in [0.2, 0.25) is 0 Å². The van der Waals surface area contributed by atoms with Crippen LogP contribution >= 0.6 is 11.3 Å². The van der Waals surface area contributed by atoms with Gasteiger partial charge in [0.1, 0.15) is 4.88 Å². The Kier molecular flexibility index (Phi) is 4.58. The van der Waals surface area contributed by atoms with Crippen LogP contribution < -0.4 is 10.2 Å². The number of H-pyrrole nitrogens is 1. The highest BCUT2D eigenvalue weighted by Gasteiger charge is 2.18. The van der Waals surface area contributed by atoms with E-state index in [-0.39, 0.29) is 16.8 Å². The van der Waals surface area contributed by atoms with E-state index in [0.717, 1.165) is 24.2 Å². The second-order valence-corrected chi connectivity index (χ2v) is 5.97. The summed E-state index contributed by atoms with van der Waals surface area (Å²) in [4.78, 5) is 26.3. The van der Waals surface area contributed by atoms with Crippen LogP contribution in [0.3, 0.4) is 0 Å². The van der Waals surface area contributed by atoms with Gasteiger partial charge >= 0.3 is 4.87 Å². The molecule has 0 aliphatic heterocycles. The number of carbonyl (C=O) groups excluding carboxylic acids is 1. The van der Waals surface area contributed by atoms with Crippen molar-refractivity contribution >= 4 is 17.2 Å². The Bertz CT molecular complexity index is 456. The standard InChI is InChI=1S/C13H20N2O2S/c1-9-11(18-13(17)14-9)12(16)15-10-7-5-3-2-4-6-8-10/h10H,2-8H2,1H3,(H,14,17)(H,15,16). The number of rotatable bonds is 2. The Hall–Kier alpha value is -1.10. The highest BCUT2D eigenvalue weighted by atomic mass is 32.1. The number of thiazole rings is 1. The lowest BCUT2D eigenvalue weighted by Gasteiger charge is -2.20. The van der Waals surface area contributed by atoms with E-state index in [0.29, 0.717) is 10.6 Å². The van der Waals surface area contributed by atoms with Gasteiger partial charge in [-0.05, 0) is 19.8 Å². The van der Waals surface area contributed by atoms with E-state index in [4.69, 9.17) is 0 Å². The molecular formula is C13H20N2O2S. The van der Waals surface area contributed by atoms with Crippen molar-refractivity contribution in [3.8, 4) is 0 Å². The molecule has 100 valence electrons. The Morgan fingerprint density at radius 1 is 1.22 bits per heavy atom. The van der Waals surface area contributed by atoms with Crippen molar-refractivity contribution in [3.05, 3.63) is 20.2 Å². The molecule has 1 fully saturated rings. The average Bonchev–Trinajstić information content (AvgIpc) is 2.61. The van der Waals surface area contributed by atoms with Crippen molar-refractivity contribution in [2.45, 2.75) is 57.9 Å². The van der Waals surface area contributed by atoms with Crippen LogP contribution in [0.25, 0.3) is 0 Å². The second-order valence-electron chi connectivity index (χ2n) is 4.98. The Morgan fingerprint density at radius 3 is 2.39 bits per heavy atom. The van der Waals surface area contributed by atoms with Gasteiger partial charge in [0.2, 0.25) is 0 Å². The molecular weight excluding hydrogens is 248 g/mol. The van der Waals surface area contributed by atoms with Gasteiger partial charge in [-0.3, -0.25) is 9.59 Å². The smallest absolute Gasteiger partial charge is 0.305 e. The highest BCUT2D eigenvalue weighted by Crippen LogP contribution is 2.18. The lowest BCUT2D eigenvalue weighted by Crippen LogP contribution is -2.35. The van der Waals surface area contributed by atoms with E-state index in [1.54, 1.807) is 6.92 Å². The van der Waals surface area contributed by atoms with Gasteiger partial charge in [-0.25, -0.2) is 0 Å². The third-order valence-corrected chi connectivity index (χ3v) is 4.45. The zero-order valence-electron chi connectivity index (χ0n) is 10.8. The molecule has 0 atom stereocenters. The first-order valence-corrected chi connectivity index (χ1v) is 7.49. The maximum absolute atomic E-state index is 12.1. The Labute approximate surface area is 111 Å². The van der Waals surface area contributed by atoms with Gasteiger partial charge in [0.15, 0.2) is 0 Å². The molecule has 1 aliphatic carbocycles. The maximum Gasteiger partial charge on any atom is 0.305 e. The number of aryl methyl sites for hydroxylation is 1. The molecule has 0 saturated heterocycles. The summed E-state index contributed by atoms with van der Waals surface area (Å²) in [6, 6.07) is 0.273. The van der Waals surface area contributed by atoms with Crippen molar-refractivity contribution < 1.29 is 4.79 Å². The molecule has 0 unspecified atom stereocenters. The van der Waals surface area contributed by atoms with Gasteiger partial charge in [-0.1, -0.05) is 43.4 Å². The third-order valence-electron chi connectivity index (χ3n) is 3.47. The van der Waals surface area contributed by atoms with Crippen LogP contribution in [-0.4, -0.2) is 16.9 Å². The molecule has 1 heterocycles. The molecule has 0 spiro atoms. The number of amides is 1. The van der Waals surface area contributed by atoms with E-state index >= 15 is 0 Å². The Morgan fingerprint density at radius 2 is 1.83 bits per heavy atom. The van der Waals surface area contributed by atoms with Gasteiger partial charge in [0.25, 0.3) is 5.91 Å². The fourth-order valence-electron chi connectivity index (χ4n) is 2.47. The van der Waals surface area contributed by atoms with Gasteiger partial charge in [0, 0.05) is 11.7 Å². The van der Waals surface area contributed by atoms with Crippen molar-refractivity contribution in [2.75, 3.05) is 0 Å². The second kappa shape index (κ2) is 6.18. The summed E-state index contributed by atoms with van der Waals surface area (Å²) in [6.45, 7) is 1.77. The zero-order valence-corrected chi connectivity index (χ0v) is 11.6. The normalized spacial score (nSPS) is 18.1. The van der Waals surface area contributed by atoms with Crippen LogP contribution in [0, 0.1) is 6.92 Å². The molecule has 0 radical (unpaired) electrons. The number of carbonyl (C=O) groups is 1. The van der Waals surface area contributed by atoms with Crippen molar-refractivity contribution in [1.29, 1.82) is 0 Å². The lowest BCUT2D eigenvalue weighted by atomic mass is 9.97. The number of hydrogen-bond donors (Lipinski definition) is 2. The minimum absolute atomic E-state index is 0.0959. The third kappa shape index (κ3) is 3.45.